The van der Waals surface area contributed by atoms with Crippen LogP contribution >= 0.6 is 11.6 Å². The van der Waals surface area contributed by atoms with Gasteiger partial charge < -0.3 is 10.3 Å². The summed E-state index contributed by atoms with van der Waals surface area (Å²) in [5.74, 6) is 0.801. The van der Waals surface area contributed by atoms with E-state index in [2.05, 4.69) is 31.2 Å². The molecule has 3 aromatic rings. The first-order valence-corrected chi connectivity index (χ1v) is 9.55. The topological polar surface area (TPSA) is 73.9 Å². The number of fused-ring (bicyclic) bond motifs is 1. The van der Waals surface area contributed by atoms with Crippen molar-refractivity contribution in [3.63, 3.8) is 0 Å². The molecule has 27 heavy (non-hydrogen) atoms. The fourth-order valence-electron chi connectivity index (χ4n) is 3.63. The second-order valence-electron chi connectivity index (χ2n) is 7.03. The normalized spacial score (nSPS) is 15.9. The van der Waals surface area contributed by atoms with Gasteiger partial charge >= 0.3 is 0 Å². The molecule has 1 saturated heterocycles. The van der Waals surface area contributed by atoms with E-state index in [1.165, 1.54) is 0 Å². The van der Waals surface area contributed by atoms with E-state index in [-0.39, 0.29) is 5.78 Å². The van der Waals surface area contributed by atoms with Crippen molar-refractivity contribution in [1.82, 2.24) is 19.9 Å². The van der Waals surface area contributed by atoms with Crippen LogP contribution in [-0.2, 0) is 4.79 Å². The molecule has 0 saturated carbocycles. The van der Waals surface area contributed by atoms with E-state index in [1.54, 1.807) is 13.1 Å². The zero-order valence-corrected chi connectivity index (χ0v) is 16.0. The Morgan fingerprint density at radius 3 is 2.89 bits per heavy atom. The van der Waals surface area contributed by atoms with E-state index in [4.69, 9.17) is 11.6 Å². The molecule has 6 nitrogen and oxygen atoms in total. The second kappa shape index (κ2) is 7.66. The summed E-state index contributed by atoms with van der Waals surface area (Å²) in [4.78, 5) is 25.8. The molecule has 2 aromatic heterocycles. The van der Waals surface area contributed by atoms with Crippen LogP contribution in [0.1, 0.15) is 19.8 Å². The van der Waals surface area contributed by atoms with Crippen LogP contribution in [0.25, 0.3) is 22.2 Å². The molecule has 0 amide bonds. The van der Waals surface area contributed by atoms with Gasteiger partial charge in [0.05, 0.1) is 23.5 Å². The van der Waals surface area contributed by atoms with Crippen molar-refractivity contribution in [3.8, 4) is 11.3 Å². The highest BCUT2D eigenvalue weighted by atomic mass is 35.5. The number of rotatable bonds is 5. The maximum atomic E-state index is 11.3. The van der Waals surface area contributed by atoms with E-state index in [0.29, 0.717) is 23.6 Å². The molecule has 0 atom stereocenters. The van der Waals surface area contributed by atoms with Gasteiger partial charge in [-0.15, -0.1) is 0 Å². The number of carbonyl (C=O) groups is 1. The SMILES string of the molecule is CC(=O)CN1CCC(Nc2ncc(Cl)c(-c3c[nH]c4ccccc34)n2)CC1. The van der Waals surface area contributed by atoms with Gasteiger partial charge in [-0.25, -0.2) is 9.97 Å². The van der Waals surface area contributed by atoms with Gasteiger partial charge in [0.2, 0.25) is 5.95 Å². The molecule has 1 aromatic carbocycles. The monoisotopic (exact) mass is 383 g/mol. The van der Waals surface area contributed by atoms with E-state index in [1.807, 2.05) is 24.4 Å². The largest absolute Gasteiger partial charge is 0.360 e. The molecule has 2 N–H and O–H groups in total. The van der Waals surface area contributed by atoms with Crippen molar-refractivity contribution in [1.29, 1.82) is 0 Å². The Morgan fingerprint density at radius 2 is 2.11 bits per heavy atom. The van der Waals surface area contributed by atoms with Gasteiger partial charge in [0.15, 0.2) is 0 Å². The van der Waals surface area contributed by atoms with Crippen molar-refractivity contribution >= 4 is 34.2 Å². The third-order valence-electron chi connectivity index (χ3n) is 4.96. The molecule has 140 valence electrons. The first-order chi connectivity index (χ1) is 13.1. The molecule has 3 heterocycles. The quantitative estimate of drug-likeness (QED) is 0.702. The molecule has 4 rings (SSSR count). The molecule has 0 bridgehead atoms. The van der Waals surface area contributed by atoms with Crippen molar-refractivity contribution in [2.24, 2.45) is 0 Å². The number of aromatic amines is 1. The number of H-pyrrole nitrogens is 1. The van der Waals surface area contributed by atoms with Crippen molar-refractivity contribution in [3.05, 3.63) is 41.7 Å². The number of ketones is 1. The highest BCUT2D eigenvalue weighted by Gasteiger charge is 2.21. The third-order valence-corrected chi connectivity index (χ3v) is 5.23. The minimum atomic E-state index is 0.214. The minimum Gasteiger partial charge on any atom is -0.360 e. The number of carbonyl (C=O) groups excluding carboxylic acids is 1. The summed E-state index contributed by atoms with van der Waals surface area (Å²) in [6.07, 6.45) is 5.51. The van der Waals surface area contributed by atoms with E-state index < -0.39 is 0 Å². The van der Waals surface area contributed by atoms with Crippen LogP contribution in [0.15, 0.2) is 36.7 Å². The van der Waals surface area contributed by atoms with Crippen LogP contribution in [0.5, 0.6) is 0 Å². The van der Waals surface area contributed by atoms with Gasteiger partial charge in [-0.2, -0.15) is 0 Å². The number of Topliss-reactive ketones (excluding diaryl/α,β-unsaturated/α-hetero) is 1. The van der Waals surface area contributed by atoms with E-state index >= 15 is 0 Å². The summed E-state index contributed by atoms with van der Waals surface area (Å²) in [7, 11) is 0. The zero-order chi connectivity index (χ0) is 18.8. The number of nitrogens with one attached hydrogen (secondary N) is 2. The fourth-order valence-corrected chi connectivity index (χ4v) is 3.82. The minimum absolute atomic E-state index is 0.214. The summed E-state index contributed by atoms with van der Waals surface area (Å²) >= 11 is 6.39. The number of aromatic nitrogens is 3. The number of halogens is 1. The summed E-state index contributed by atoms with van der Waals surface area (Å²) in [6.45, 7) is 3.98. The highest BCUT2D eigenvalue weighted by molar-refractivity contribution is 6.33. The lowest BCUT2D eigenvalue weighted by Crippen LogP contribution is -2.41. The average Bonchev–Trinajstić information content (AvgIpc) is 3.08. The lowest BCUT2D eigenvalue weighted by molar-refractivity contribution is -0.118. The predicted octanol–water partition coefficient (Wildman–Crippen LogP) is 3.74. The Balaban J connectivity index is 1.51. The average molecular weight is 384 g/mol. The molecule has 0 radical (unpaired) electrons. The maximum Gasteiger partial charge on any atom is 0.223 e. The number of piperidine rings is 1. The van der Waals surface area contributed by atoms with Crippen molar-refractivity contribution in [2.45, 2.75) is 25.8 Å². The van der Waals surface area contributed by atoms with Gasteiger partial charge in [-0.3, -0.25) is 9.69 Å². The summed E-state index contributed by atoms with van der Waals surface area (Å²) in [5, 5.41) is 5.04. The predicted molar refractivity (Wildman–Crippen MR) is 108 cm³/mol. The van der Waals surface area contributed by atoms with Gasteiger partial charge in [0, 0.05) is 41.8 Å². The Morgan fingerprint density at radius 1 is 1.33 bits per heavy atom. The first-order valence-electron chi connectivity index (χ1n) is 9.17. The Bertz CT molecular complexity index is 962. The molecule has 1 fully saturated rings. The molecular formula is C20H22ClN5O. The van der Waals surface area contributed by atoms with Crippen LogP contribution in [0.2, 0.25) is 5.02 Å². The van der Waals surface area contributed by atoms with Crippen molar-refractivity contribution in [2.75, 3.05) is 25.0 Å². The van der Waals surface area contributed by atoms with Crippen molar-refractivity contribution < 1.29 is 4.79 Å². The van der Waals surface area contributed by atoms with Gasteiger partial charge in [0.1, 0.15) is 5.78 Å². The number of likely N-dealkylation sites (tertiary alicyclic amines) is 1. The Labute approximate surface area is 163 Å². The van der Waals surface area contributed by atoms with Crippen LogP contribution in [-0.4, -0.2) is 51.3 Å². The summed E-state index contributed by atoms with van der Waals surface area (Å²) in [5.41, 5.74) is 2.74. The standard InChI is InChI=1S/C20H22ClN5O/c1-13(27)12-26-8-6-14(7-9-26)24-20-23-11-17(21)19(25-20)16-10-22-18-5-3-2-4-15(16)18/h2-5,10-11,14,22H,6-9,12H2,1H3,(H,23,24,25). The van der Waals surface area contributed by atoms with Gasteiger partial charge in [-0.05, 0) is 25.8 Å². The third kappa shape index (κ3) is 3.96. The number of benzene rings is 1. The van der Waals surface area contributed by atoms with Crippen LogP contribution in [0, 0.1) is 0 Å². The van der Waals surface area contributed by atoms with Gasteiger partial charge in [-0.1, -0.05) is 29.8 Å². The zero-order valence-electron chi connectivity index (χ0n) is 15.2. The smallest absolute Gasteiger partial charge is 0.223 e. The Hall–Kier alpha value is -2.44. The molecule has 0 unspecified atom stereocenters. The second-order valence-corrected chi connectivity index (χ2v) is 7.44. The number of nitrogens with zero attached hydrogens (tertiary/aromatic N) is 3. The lowest BCUT2D eigenvalue weighted by atomic mass is 10.1. The van der Waals surface area contributed by atoms with E-state index in [0.717, 1.165) is 48.1 Å². The first kappa shape index (κ1) is 17.9. The number of hydrogen-bond acceptors (Lipinski definition) is 5. The molecule has 0 spiro atoms. The molecular weight excluding hydrogens is 362 g/mol. The fraction of sp³-hybridized carbons (Fsp3) is 0.350. The van der Waals surface area contributed by atoms with E-state index in [9.17, 15) is 4.79 Å². The molecule has 1 aliphatic rings. The number of hydrogen-bond donors (Lipinski definition) is 2. The van der Waals surface area contributed by atoms with Crippen LogP contribution < -0.4 is 5.32 Å². The molecule has 1 aliphatic heterocycles. The molecule has 0 aliphatic carbocycles. The highest BCUT2D eigenvalue weighted by Crippen LogP contribution is 2.32. The summed E-state index contributed by atoms with van der Waals surface area (Å²) < 4.78 is 0. The van der Waals surface area contributed by atoms with Crippen LogP contribution in [0.3, 0.4) is 0 Å². The Kier molecular flexibility index (Phi) is 5.09. The number of anilines is 1. The summed E-state index contributed by atoms with van der Waals surface area (Å²) in [6, 6.07) is 8.38. The lowest BCUT2D eigenvalue weighted by Gasteiger charge is -2.31. The van der Waals surface area contributed by atoms with Crippen LogP contribution in [0.4, 0.5) is 5.95 Å². The maximum absolute atomic E-state index is 11.3. The molecule has 7 heteroatoms. The number of para-hydroxylation sites is 1. The van der Waals surface area contributed by atoms with Gasteiger partial charge in [0.25, 0.3) is 0 Å².